The molecule has 0 heterocycles. The van der Waals surface area contributed by atoms with E-state index in [9.17, 15) is 24.6 Å². The van der Waals surface area contributed by atoms with Gasteiger partial charge in [0.05, 0.1) is 11.5 Å². The number of hydrogen-bond donors (Lipinski definition) is 3. The van der Waals surface area contributed by atoms with Gasteiger partial charge in [-0.1, -0.05) is 60.1 Å². The summed E-state index contributed by atoms with van der Waals surface area (Å²) in [5.74, 6) is 0.202. The number of aliphatic hydroxyl groups is 1. The van der Waals surface area contributed by atoms with Crippen molar-refractivity contribution >= 4 is 17.8 Å². The molecule has 0 aromatic carbocycles. The minimum Gasteiger partial charge on any atom is -0.480 e. The average Bonchev–Trinajstić information content (AvgIpc) is 2.90. The molecule has 4 saturated carbocycles. The quantitative estimate of drug-likeness (QED) is 0.245. The fourth-order valence-corrected chi connectivity index (χ4v) is 11.9. The predicted octanol–water partition coefficient (Wildman–Crippen LogP) is 6.53. The van der Waals surface area contributed by atoms with Crippen molar-refractivity contribution in [1.82, 2.24) is 5.32 Å². The van der Waals surface area contributed by atoms with Gasteiger partial charge in [0.15, 0.2) is 6.04 Å². The normalized spacial score (nSPS) is 46.4. The molecule has 43 heavy (non-hydrogen) atoms. The van der Waals surface area contributed by atoms with Gasteiger partial charge in [0.1, 0.15) is 6.10 Å². The molecule has 5 aliphatic carbocycles. The highest BCUT2D eigenvalue weighted by atomic mass is 16.5. The second-order valence-electron chi connectivity index (χ2n) is 16.8. The van der Waals surface area contributed by atoms with Gasteiger partial charge < -0.3 is 20.3 Å². The molecule has 5 aliphatic rings. The van der Waals surface area contributed by atoms with Crippen molar-refractivity contribution in [2.45, 2.75) is 138 Å². The summed E-state index contributed by atoms with van der Waals surface area (Å²) in [4.78, 5) is 38.2. The van der Waals surface area contributed by atoms with Crippen LogP contribution < -0.4 is 5.32 Å². The highest BCUT2D eigenvalue weighted by Gasteiger charge is 2.69. The molecule has 4 fully saturated rings. The van der Waals surface area contributed by atoms with Gasteiger partial charge in [-0.15, -0.1) is 0 Å². The lowest BCUT2D eigenvalue weighted by Gasteiger charge is -2.71. The Kier molecular flexibility index (Phi) is 8.01. The Morgan fingerprint density at radius 1 is 0.953 bits per heavy atom. The maximum atomic E-state index is 14.2. The summed E-state index contributed by atoms with van der Waals surface area (Å²) >= 11 is 0. The van der Waals surface area contributed by atoms with E-state index in [1.54, 1.807) is 0 Å². The van der Waals surface area contributed by atoms with Crippen LogP contribution in [0.3, 0.4) is 0 Å². The van der Waals surface area contributed by atoms with Gasteiger partial charge in [-0.05, 0) is 111 Å². The maximum Gasteiger partial charge on any atom is 0.328 e. The monoisotopic (exact) mass is 599 g/mol. The van der Waals surface area contributed by atoms with E-state index in [4.69, 9.17) is 4.74 Å². The van der Waals surface area contributed by atoms with Crippen molar-refractivity contribution in [3.05, 3.63) is 11.6 Å². The standard InChI is InChI=1S/C36H57NO6/c1-20-12-17-36(31(42)37-29(22(3)38)30(40)41)19-18-34(8)24(28(36)21(20)2)10-11-26-33(7)15-14-27(43-23(4)39)32(5,6)25(33)13-16-35(26,34)9/h10,20-22,25-29,38H,11-19H2,1-9H3,(H,37,42)(H,40,41)/t20-,21+,22?,25+,26-,27+,28+,29?,33+,34-,35-,36+/m1/s1. The molecule has 0 spiro atoms. The number of allylic oxidation sites excluding steroid dienone is 2. The Morgan fingerprint density at radius 3 is 2.23 bits per heavy atom. The number of aliphatic carboxylic acids is 1. The smallest absolute Gasteiger partial charge is 0.328 e. The molecule has 0 bridgehead atoms. The summed E-state index contributed by atoms with van der Waals surface area (Å²) in [5.41, 5.74) is 0.819. The third kappa shape index (κ3) is 4.55. The number of carboxylic acids is 1. The second-order valence-corrected chi connectivity index (χ2v) is 16.8. The van der Waals surface area contributed by atoms with E-state index in [-0.39, 0.29) is 45.6 Å². The highest BCUT2D eigenvalue weighted by molar-refractivity contribution is 5.88. The van der Waals surface area contributed by atoms with Crippen LogP contribution in [0.4, 0.5) is 0 Å². The van der Waals surface area contributed by atoms with Gasteiger partial charge >= 0.3 is 11.9 Å². The minimum absolute atomic E-state index is 0.0487. The van der Waals surface area contributed by atoms with Crippen LogP contribution in [0, 0.1) is 56.7 Å². The third-order valence-electron chi connectivity index (χ3n) is 14.7. The van der Waals surface area contributed by atoms with E-state index in [0.717, 1.165) is 57.8 Å². The van der Waals surface area contributed by atoms with E-state index in [1.807, 2.05) is 0 Å². The molecule has 0 aliphatic heterocycles. The molecule has 0 aromatic rings. The number of amides is 1. The van der Waals surface area contributed by atoms with Crippen molar-refractivity contribution in [3.63, 3.8) is 0 Å². The van der Waals surface area contributed by atoms with E-state index in [1.165, 1.54) is 19.4 Å². The Hall–Kier alpha value is -1.89. The van der Waals surface area contributed by atoms with Crippen LogP contribution in [0.5, 0.6) is 0 Å². The summed E-state index contributed by atoms with van der Waals surface area (Å²) in [7, 11) is 0. The van der Waals surface area contributed by atoms with E-state index >= 15 is 0 Å². The number of carbonyl (C=O) groups is 3. The molecule has 12 atom stereocenters. The third-order valence-corrected chi connectivity index (χ3v) is 14.7. The Labute approximate surface area is 259 Å². The van der Waals surface area contributed by atoms with Crippen molar-refractivity contribution in [3.8, 4) is 0 Å². The summed E-state index contributed by atoms with van der Waals surface area (Å²) in [6, 6.07) is -1.31. The van der Waals surface area contributed by atoms with E-state index in [0.29, 0.717) is 23.7 Å². The van der Waals surface area contributed by atoms with Gasteiger partial charge in [-0.2, -0.15) is 0 Å². The van der Waals surface area contributed by atoms with Crippen molar-refractivity contribution in [1.29, 1.82) is 0 Å². The first kappa shape index (κ1) is 32.5. The number of esters is 1. The van der Waals surface area contributed by atoms with Gasteiger partial charge in [0.2, 0.25) is 5.91 Å². The number of ether oxygens (including phenoxy) is 1. The number of fused-ring (bicyclic) bond motifs is 7. The van der Waals surface area contributed by atoms with Gasteiger partial charge in [-0.3, -0.25) is 9.59 Å². The second kappa shape index (κ2) is 10.6. The molecule has 242 valence electrons. The number of aliphatic hydroxyl groups excluding tert-OH is 1. The molecular formula is C36H57NO6. The van der Waals surface area contributed by atoms with Gasteiger partial charge in [0, 0.05) is 12.3 Å². The maximum absolute atomic E-state index is 14.2. The number of rotatable bonds is 5. The largest absolute Gasteiger partial charge is 0.480 e. The fraction of sp³-hybridized carbons (Fsp3) is 0.861. The van der Waals surface area contributed by atoms with Crippen LogP contribution in [0.1, 0.15) is 120 Å². The fourth-order valence-electron chi connectivity index (χ4n) is 11.9. The molecule has 0 saturated heterocycles. The first-order valence-electron chi connectivity index (χ1n) is 17.0. The lowest BCUT2D eigenvalue weighted by atomic mass is 9.33. The van der Waals surface area contributed by atoms with Crippen LogP contribution in [-0.4, -0.2) is 46.3 Å². The van der Waals surface area contributed by atoms with E-state index in [2.05, 4.69) is 59.9 Å². The number of hydrogen-bond acceptors (Lipinski definition) is 5. The summed E-state index contributed by atoms with van der Waals surface area (Å²) in [6.45, 7) is 19.7. The molecule has 1 amide bonds. The van der Waals surface area contributed by atoms with Crippen molar-refractivity contribution < 1.29 is 29.3 Å². The Bertz CT molecular complexity index is 1190. The zero-order valence-electron chi connectivity index (χ0n) is 28.1. The van der Waals surface area contributed by atoms with Crippen LogP contribution >= 0.6 is 0 Å². The number of carboxylic acid groups (broad SMARTS) is 1. The zero-order chi connectivity index (χ0) is 31.9. The molecule has 0 aromatic heterocycles. The van der Waals surface area contributed by atoms with Gasteiger partial charge in [-0.25, -0.2) is 4.79 Å². The lowest BCUT2D eigenvalue weighted by molar-refractivity contribution is -0.212. The number of nitrogens with one attached hydrogen (secondary N) is 1. The molecular weight excluding hydrogens is 542 g/mol. The molecule has 7 heteroatoms. The molecule has 0 radical (unpaired) electrons. The van der Waals surface area contributed by atoms with Crippen LogP contribution in [0.15, 0.2) is 11.6 Å². The molecule has 3 N–H and O–H groups in total. The van der Waals surface area contributed by atoms with Gasteiger partial charge in [0.25, 0.3) is 0 Å². The number of carbonyl (C=O) groups excluding carboxylic acids is 2. The van der Waals surface area contributed by atoms with Crippen LogP contribution in [-0.2, 0) is 19.1 Å². The first-order chi connectivity index (χ1) is 19.9. The Morgan fingerprint density at radius 2 is 1.63 bits per heavy atom. The molecule has 7 nitrogen and oxygen atoms in total. The highest BCUT2D eigenvalue weighted by Crippen LogP contribution is 2.75. The first-order valence-corrected chi connectivity index (χ1v) is 17.0. The molecule has 2 unspecified atom stereocenters. The van der Waals surface area contributed by atoms with Crippen molar-refractivity contribution in [2.75, 3.05) is 0 Å². The Balaban J connectivity index is 1.54. The summed E-state index contributed by atoms with van der Waals surface area (Å²) in [6.07, 6.45) is 9.80. The van der Waals surface area contributed by atoms with Crippen LogP contribution in [0.25, 0.3) is 0 Å². The van der Waals surface area contributed by atoms with E-state index < -0.39 is 23.5 Å². The lowest BCUT2D eigenvalue weighted by Crippen LogP contribution is -2.66. The summed E-state index contributed by atoms with van der Waals surface area (Å²) in [5, 5.41) is 22.8. The SMILES string of the molecule is CC(=O)O[C@H]1CC[C@]2(C)[C@H]3CC=C4[C@@H]5[C@@H](C)[C@H](C)CC[C@]5(C(=O)NC(C(=O)O)C(C)O)CC[C@@]4(C)[C@]3(C)CC[C@H]2C1(C)C. The summed E-state index contributed by atoms with van der Waals surface area (Å²) < 4.78 is 5.90. The zero-order valence-corrected chi connectivity index (χ0v) is 28.1. The van der Waals surface area contributed by atoms with Crippen molar-refractivity contribution in [2.24, 2.45) is 56.7 Å². The van der Waals surface area contributed by atoms with Crippen LogP contribution in [0.2, 0.25) is 0 Å². The topological polar surface area (TPSA) is 113 Å². The molecule has 5 rings (SSSR count). The minimum atomic E-state index is -1.31. The average molecular weight is 600 g/mol. The predicted molar refractivity (Wildman–Crippen MR) is 166 cm³/mol.